The molecule has 5 heteroatoms. The summed E-state index contributed by atoms with van der Waals surface area (Å²) in [4.78, 5) is 0. The predicted molar refractivity (Wildman–Crippen MR) is 88.7 cm³/mol. The Balaban J connectivity index is 2.03. The van der Waals surface area contributed by atoms with E-state index in [0.29, 0.717) is 5.92 Å². The number of fused-ring (bicyclic) bond motifs is 1. The van der Waals surface area contributed by atoms with Crippen LogP contribution in [0.2, 0.25) is 5.02 Å². The molecule has 1 unspecified atom stereocenters. The first-order valence-electron chi connectivity index (χ1n) is 7.66. The first-order valence-corrected chi connectivity index (χ1v) is 8.04. The molecule has 0 amide bonds. The van der Waals surface area contributed by atoms with Crippen LogP contribution in [-0.4, -0.2) is 10.2 Å². The fraction of sp³-hybridized carbons (Fsp3) is 0.444. The number of aromatic nitrogens is 2. The number of rotatable bonds is 2. The van der Waals surface area contributed by atoms with Crippen LogP contribution in [0.4, 0.5) is 4.39 Å². The summed E-state index contributed by atoms with van der Waals surface area (Å²) in [5, 5.41) is 8.71. The lowest BCUT2D eigenvalue weighted by atomic mass is 9.66. The van der Waals surface area contributed by atoms with Gasteiger partial charge in [0.25, 0.3) is 0 Å². The molecule has 3 rings (SSSR count). The van der Waals surface area contributed by atoms with Crippen molar-refractivity contribution in [3.8, 4) is 11.6 Å². The Kier molecular flexibility index (Phi) is 3.64. The highest BCUT2D eigenvalue weighted by Crippen LogP contribution is 2.57. The van der Waals surface area contributed by atoms with Crippen molar-refractivity contribution in [1.82, 2.24) is 10.2 Å². The summed E-state index contributed by atoms with van der Waals surface area (Å²) in [6.45, 7) is 11.0. The second-order valence-corrected chi connectivity index (χ2v) is 7.61. The molecule has 1 atom stereocenters. The Morgan fingerprint density at radius 3 is 2.52 bits per heavy atom. The van der Waals surface area contributed by atoms with Gasteiger partial charge in [0.2, 0.25) is 5.88 Å². The summed E-state index contributed by atoms with van der Waals surface area (Å²) >= 11 is 6.00. The van der Waals surface area contributed by atoms with E-state index in [0.717, 1.165) is 11.3 Å². The highest BCUT2D eigenvalue weighted by Gasteiger charge is 2.52. The van der Waals surface area contributed by atoms with Gasteiger partial charge in [-0.3, -0.25) is 0 Å². The molecule has 1 aliphatic carbocycles. The third kappa shape index (κ3) is 2.31. The summed E-state index contributed by atoms with van der Waals surface area (Å²) in [5.41, 5.74) is 2.01. The third-order valence-corrected chi connectivity index (χ3v) is 5.98. The average Bonchev–Trinajstić information content (AvgIpc) is 2.61. The van der Waals surface area contributed by atoms with Crippen LogP contribution in [0.1, 0.15) is 51.8 Å². The molecule has 23 heavy (non-hydrogen) atoms. The van der Waals surface area contributed by atoms with Crippen molar-refractivity contribution in [2.24, 2.45) is 5.41 Å². The molecule has 0 aliphatic heterocycles. The van der Waals surface area contributed by atoms with Crippen LogP contribution in [-0.2, 0) is 5.41 Å². The first kappa shape index (κ1) is 16.2. The van der Waals surface area contributed by atoms with E-state index in [-0.39, 0.29) is 27.5 Å². The molecular formula is C18H20ClFN2O. The Morgan fingerprint density at radius 1 is 1.17 bits per heavy atom. The van der Waals surface area contributed by atoms with Crippen molar-refractivity contribution in [2.75, 3.05) is 0 Å². The van der Waals surface area contributed by atoms with Crippen molar-refractivity contribution < 1.29 is 9.13 Å². The van der Waals surface area contributed by atoms with Crippen LogP contribution in [0.15, 0.2) is 24.3 Å². The zero-order chi connectivity index (χ0) is 17.0. The Labute approximate surface area is 140 Å². The number of hydrogen-bond donors (Lipinski definition) is 0. The zero-order valence-electron chi connectivity index (χ0n) is 13.9. The monoisotopic (exact) mass is 334 g/mol. The van der Waals surface area contributed by atoms with Crippen molar-refractivity contribution >= 4 is 11.6 Å². The highest BCUT2D eigenvalue weighted by molar-refractivity contribution is 6.32. The molecule has 0 N–H and O–H groups in total. The summed E-state index contributed by atoms with van der Waals surface area (Å²) < 4.78 is 19.4. The van der Waals surface area contributed by atoms with E-state index in [1.807, 2.05) is 6.07 Å². The minimum atomic E-state index is -0.520. The summed E-state index contributed by atoms with van der Waals surface area (Å²) in [7, 11) is 0. The number of para-hydroxylation sites is 1. The Hall–Kier alpha value is -1.68. The lowest BCUT2D eigenvalue weighted by Gasteiger charge is -2.37. The number of halogens is 2. The molecule has 1 heterocycles. The largest absolute Gasteiger partial charge is 0.433 e. The second-order valence-electron chi connectivity index (χ2n) is 7.21. The van der Waals surface area contributed by atoms with Crippen molar-refractivity contribution in [3.63, 3.8) is 0 Å². The molecule has 3 nitrogen and oxygen atoms in total. The van der Waals surface area contributed by atoms with Gasteiger partial charge >= 0.3 is 0 Å². The fourth-order valence-corrected chi connectivity index (χ4v) is 3.37. The van der Waals surface area contributed by atoms with Gasteiger partial charge in [-0.05, 0) is 29.0 Å². The van der Waals surface area contributed by atoms with Gasteiger partial charge in [0.05, 0.1) is 10.7 Å². The number of benzene rings is 1. The SMILES string of the molecule is CC1c2cc(Oc3c(F)cccc3Cl)nnc2C(C)(C)C1(C)C. The fourth-order valence-electron chi connectivity index (χ4n) is 3.17. The summed E-state index contributed by atoms with van der Waals surface area (Å²) in [6.07, 6.45) is 0. The molecule has 0 bridgehead atoms. The maximum absolute atomic E-state index is 13.9. The molecule has 122 valence electrons. The van der Waals surface area contributed by atoms with E-state index in [9.17, 15) is 4.39 Å². The van der Waals surface area contributed by atoms with Crippen LogP contribution in [0.5, 0.6) is 11.6 Å². The van der Waals surface area contributed by atoms with Crippen molar-refractivity contribution in [3.05, 3.63) is 46.4 Å². The van der Waals surface area contributed by atoms with E-state index in [1.54, 1.807) is 6.07 Å². The molecular weight excluding hydrogens is 315 g/mol. The van der Waals surface area contributed by atoms with Crippen LogP contribution in [0.25, 0.3) is 0 Å². The van der Waals surface area contributed by atoms with Crippen molar-refractivity contribution in [2.45, 2.75) is 46.0 Å². The molecule has 2 aromatic rings. The standard InChI is InChI=1S/C18H20ClFN2O/c1-10-11-9-14(23-15-12(19)7-6-8-13(15)20)21-22-16(11)18(4,5)17(10,2)3/h6-10H,1-5H3. The molecule has 1 aromatic heterocycles. The Bertz CT molecular complexity index is 753. The van der Waals surface area contributed by atoms with E-state index < -0.39 is 5.82 Å². The van der Waals surface area contributed by atoms with E-state index in [4.69, 9.17) is 16.3 Å². The molecule has 1 aromatic carbocycles. The van der Waals surface area contributed by atoms with Gasteiger partial charge in [0.1, 0.15) is 0 Å². The van der Waals surface area contributed by atoms with E-state index in [2.05, 4.69) is 44.8 Å². The van der Waals surface area contributed by atoms with Gasteiger partial charge in [-0.1, -0.05) is 52.3 Å². The van der Waals surface area contributed by atoms with Gasteiger partial charge in [-0.25, -0.2) is 4.39 Å². The number of ether oxygens (including phenoxy) is 1. The average molecular weight is 335 g/mol. The topological polar surface area (TPSA) is 35.0 Å². The number of nitrogens with zero attached hydrogens (tertiary/aromatic N) is 2. The maximum Gasteiger partial charge on any atom is 0.239 e. The van der Waals surface area contributed by atoms with Crippen LogP contribution >= 0.6 is 11.6 Å². The van der Waals surface area contributed by atoms with E-state index in [1.165, 1.54) is 12.1 Å². The minimum Gasteiger partial charge on any atom is -0.433 e. The molecule has 0 spiro atoms. The third-order valence-electron chi connectivity index (χ3n) is 5.68. The van der Waals surface area contributed by atoms with E-state index >= 15 is 0 Å². The minimum absolute atomic E-state index is 0.0208. The maximum atomic E-state index is 13.9. The lowest BCUT2D eigenvalue weighted by Crippen LogP contribution is -2.34. The smallest absolute Gasteiger partial charge is 0.239 e. The molecule has 1 aliphatic rings. The molecule has 0 saturated carbocycles. The Morgan fingerprint density at radius 2 is 1.87 bits per heavy atom. The highest BCUT2D eigenvalue weighted by atomic mass is 35.5. The van der Waals surface area contributed by atoms with Gasteiger partial charge in [-0.2, -0.15) is 5.10 Å². The lowest BCUT2D eigenvalue weighted by molar-refractivity contribution is 0.187. The van der Waals surface area contributed by atoms with Gasteiger partial charge in [0.15, 0.2) is 11.6 Å². The van der Waals surface area contributed by atoms with Gasteiger partial charge in [-0.15, -0.1) is 5.10 Å². The quantitative estimate of drug-likeness (QED) is 0.729. The second kappa shape index (κ2) is 5.17. The molecule has 0 fully saturated rings. The molecule has 0 saturated heterocycles. The van der Waals surface area contributed by atoms with Crippen molar-refractivity contribution in [1.29, 1.82) is 0 Å². The molecule has 0 radical (unpaired) electrons. The summed E-state index contributed by atoms with van der Waals surface area (Å²) in [6, 6.07) is 6.27. The van der Waals surface area contributed by atoms with Gasteiger partial charge in [0, 0.05) is 11.5 Å². The first-order chi connectivity index (χ1) is 10.7. The zero-order valence-corrected chi connectivity index (χ0v) is 14.7. The summed E-state index contributed by atoms with van der Waals surface area (Å²) in [5.74, 6) is 0.0126. The van der Waals surface area contributed by atoms with Crippen LogP contribution in [0, 0.1) is 11.2 Å². The van der Waals surface area contributed by atoms with Crippen LogP contribution in [0.3, 0.4) is 0 Å². The normalized spacial score (nSPS) is 21.1. The predicted octanol–water partition coefficient (Wildman–Crippen LogP) is 5.48. The van der Waals surface area contributed by atoms with Gasteiger partial charge < -0.3 is 4.74 Å². The van der Waals surface area contributed by atoms with Crippen LogP contribution < -0.4 is 4.74 Å². The number of hydrogen-bond acceptors (Lipinski definition) is 3.